The number of carbonyl (C=O) groups is 2. The lowest BCUT2D eigenvalue weighted by Crippen LogP contribution is -2.38. The zero-order valence-electron chi connectivity index (χ0n) is 26.4. The maximum Gasteiger partial charge on any atom is 0.303 e. The Bertz CT molecular complexity index is 1410. The Balaban J connectivity index is 1.22. The molecule has 4 atom stereocenters. The molecule has 9 heteroatoms. The summed E-state index contributed by atoms with van der Waals surface area (Å²) in [6, 6.07) is 24.1. The first-order valence-corrected chi connectivity index (χ1v) is 16.5. The van der Waals surface area contributed by atoms with Crippen LogP contribution in [0.5, 0.6) is 0 Å². The first-order valence-electron chi connectivity index (χ1n) is 16.5. The van der Waals surface area contributed by atoms with Gasteiger partial charge in [-0.2, -0.15) is 0 Å². The number of nitrogens with one attached hydrogen (secondary N) is 1. The van der Waals surface area contributed by atoms with Crippen molar-refractivity contribution < 1.29 is 34.4 Å². The molecule has 2 aliphatic rings. The molecule has 2 heterocycles. The molecular formula is C37H46N2O7. The van der Waals surface area contributed by atoms with Gasteiger partial charge in [0.25, 0.3) is 0 Å². The number of β-amino-alcohol motifs (C(OH)–C–C–N with tert-alkyl or cyclic N) is 1. The van der Waals surface area contributed by atoms with E-state index in [2.05, 4.69) is 28.4 Å². The highest BCUT2D eigenvalue weighted by molar-refractivity contribution is 5.76. The molecule has 0 bridgehead atoms. The zero-order valence-corrected chi connectivity index (χ0v) is 26.4. The van der Waals surface area contributed by atoms with Gasteiger partial charge in [0.1, 0.15) is 0 Å². The highest BCUT2D eigenvalue weighted by Gasteiger charge is 2.34. The number of aliphatic hydroxyl groups is 2. The number of unbranched alkanes of at least 4 members (excludes halogenated alkanes) is 3. The molecule has 1 amide bonds. The molecule has 0 aromatic heterocycles. The molecule has 0 spiro atoms. The molecule has 2 aliphatic heterocycles. The maximum atomic E-state index is 12.5. The van der Waals surface area contributed by atoms with Crippen molar-refractivity contribution in [2.75, 3.05) is 19.6 Å². The van der Waals surface area contributed by atoms with Gasteiger partial charge in [-0.3, -0.25) is 14.5 Å². The van der Waals surface area contributed by atoms with Gasteiger partial charge in [-0.25, -0.2) is 0 Å². The molecule has 0 aliphatic carbocycles. The summed E-state index contributed by atoms with van der Waals surface area (Å²) in [5, 5.41) is 31.3. The first kappa shape index (κ1) is 33.8. The van der Waals surface area contributed by atoms with E-state index in [0.29, 0.717) is 32.4 Å². The highest BCUT2D eigenvalue weighted by Crippen LogP contribution is 2.39. The van der Waals surface area contributed by atoms with E-state index < -0.39 is 12.3 Å². The molecule has 9 nitrogen and oxygen atoms in total. The van der Waals surface area contributed by atoms with Crippen molar-refractivity contribution in [3.8, 4) is 11.1 Å². The fourth-order valence-corrected chi connectivity index (χ4v) is 6.27. The number of benzene rings is 3. The Labute approximate surface area is 271 Å². The summed E-state index contributed by atoms with van der Waals surface area (Å²) in [7, 11) is 0. The Morgan fingerprint density at radius 3 is 2.28 bits per heavy atom. The third-order valence-electron chi connectivity index (χ3n) is 8.86. The number of aliphatic hydroxyl groups excluding tert-OH is 2. The van der Waals surface area contributed by atoms with Gasteiger partial charge in [-0.15, -0.1) is 0 Å². The molecule has 5 rings (SSSR count). The molecular weight excluding hydrogens is 584 g/mol. The third-order valence-corrected chi connectivity index (χ3v) is 8.86. The van der Waals surface area contributed by atoms with Crippen LogP contribution in [0.15, 0.2) is 72.8 Å². The number of aliphatic carboxylic acids is 1. The fourth-order valence-electron chi connectivity index (χ4n) is 6.27. The predicted molar refractivity (Wildman–Crippen MR) is 175 cm³/mol. The van der Waals surface area contributed by atoms with E-state index in [9.17, 15) is 19.8 Å². The second kappa shape index (κ2) is 16.8. The number of ether oxygens (including phenoxy) is 2. The van der Waals surface area contributed by atoms with Gasteiger partial charge in [0.15, 0.2) is 6.29 Å². The van der Waals surface area contributed by atoms with Gasteiger partial charge in [-0.05, 0) is 47.1 Å². The summed E-state index contributed by atoms with van der Waals surface area (Å²) in [5.74, 6) is -0.783. The van der Waals surface area contributed by atoms with Gasteiger partial charge in [0.2, 0.25) is 5.91 Å². The quantitative estimate of drug-likeness (QED) is 0.162. The van der Waals surface area contributed by atoms with Crippen molar-refractivity contribution in [1.82, 2.24) is 10.2 Å². The Morgan fingerprint density at radius 1 is 0.870 bits per heavy atom. The van der Waals surface area contributed by atoms with Crippen LogP contribution in [0.25, 0.3) is 11.1 Å². The molecule has 4 N–H and O–H groups in total. The van der Waals surface area contributed by atoms with E-state index in [0.717, 1.165) is 72.2 Å². The van der Waals surface area contributed by atoms with Crippen molar-refractivity contribution in [1.29, 1.82) is 0 Å². The van der Waals surface area contributed by atoms with Crippen molar-refractivity contribution in [2.24, 2.45) is 0 Å². The summed E-state index contributed by atoms with van der Waals surface area (Å²) in [6.07, 6.45) is 4.05. The normalized spacial score (nSPS) is 21.7. The van der Waals surface area contributed by atoms with Crippen molar-refractivity contribution >= 4 is 11.9 Å². The van der Waals surface area contributed by atoms with Gasteiger partial charge < -0.3 is 30.1 Å². The molecule has 3 aromatic rings. The maximum absolute atomic E-state index is 12.5. The minimum atomic E-state index is -0.777. The van der Waals surface area contributed by atoms with Crippen molar-refractivity contribution in [2.45, 2.75) is 89.1 Å². The van der Waals surface area contributed by atoms with E-state index in [1.807, 2.05) is 54.6 Å². The number of rotatable bonds is 15. The SMILES string of the molecule is O=C(O)CCCCCCC(=O)NCc1ccccc1-c1ccc([C@H]2O[C@@H](CN3CC[C@H](O)C3)C[C@@H](c3ccc(CO)cc3)O2)cc1. The van der Waals surface area contributed by atoms with Crippen LogP contribution in [-0.4, -0.2) is 63.9 Å². The number of likely N-dealkylation sites (tertiary alicyclic amines) is 1. The standard InChI is InChI=1S/C37H46N2O7/c40-25-26-11-13-28(14-12-26)34-21-32(24-39-20-19-31(41)23-39)45-37(46-34)29-17-15-27(16-18-29)33-8-6-5-7-30(33)22-38-35(42)9-3-1-2-4-10-36(43)44/h5-8,11-18,31-32,34,37,40-41H,1-4,9-10,19-25H2,(H,38,42)(H,43,44)/t31-,32+,34-,37-/m0/s1. The minimum Gasteiger partial charge on any atom is -0.481 e. The number of nitrogens with zero attached hydrogens (tertiary/aromatic N) is 1. The minimum absolute atomic E-state index is 0.00310. The van der Waals surface area contributed by atoms with Gasteiger partial charge in [0.05, 0.1) is 24.9 Å². The molecule has 3 aromatic carbocycles. The lowest BCUT2D eigenvalue weighted by atomic mass is 9.97. The van der Waals surface area contributed by atoms with Gasteiger partial charge in [-0.1, -0.05) is 85.6 Å². The van der Waals surface area contributed by atoms with Crippen LogP contribution < -0.4 is 5.32 Å². The highest BCUT2D eigenvalue weighted by atomic mass is 16.7. The summed E-state index contributed by atoms with van der Waals surface area (Å²) in [4.78, 5) is 25.4. The van der Waals surface area contributed by atoms with E-state index in [-0.39, 0.29) is 37.2 Å². The van der Waals surface area contributed by atoms with E-state index in [1.54, 1.807) is 0 Å². The number of hydrogen-bond donors (Lipinski definition) is 4. The Morgan fingerprint density at radius 2 is 1.59 bits per heavy atom. The van der Waals surface area contributed by atoms with Crippen LogP contribution in [0.2, 0.25) is 0 Å². The average Bonchev–Trinajstić information content (AvgIpc) is 3.49. The summed E-state index contributed by atoms with van der Waals surface area (Å²) < 4.78 is 13.0. The lowest BCUT2D eigenvalue weighted by Gasteiger charge is -2.38. The topological polar surface area (TPSA) is 129 Å². The third kappa shape index (κ3) is 9.70. The molecule has 0 saturated carbocycles. The smallest absolute Gasteiger partial charge is 0.303 e. The zero-order chi connectivity index (χ0) is 32.3. The van der Waals surface area contributed by atoms with Crippen LogP contribution in [-0.2, 0) is 32.2 Å². The number of hydrogen-bond acceptors (Lipinski definition) is 7. The van der Waals surface area contributed by atoms with Crippen molar-refractivity contribution in [3.63, 3.8) is 0 Å². The average molecular weight is 631 g/mol. The summed E-state index contributed by atoms with van der Waals surface area (Å²) in [5.41, 5.74) is 5.91. The molecule has 2 saturated heterocycles. The second-order valence-corrected chi connectivity index (χ2v) is 12.4. The molecule has 2 fully saturated rings. The van der Waals surface area contributed by atoms with E-state index in [1.165, 1.54) is 0 Å². The Hall–Kier alpha value is -3.60. The molecule has 0 unspecified atom stereocenters. The first-order chi connectivity index (χ1) is 22.4. The van der Waals surface area contributed by atoms with Gasteiger partial charge >= 0.3 is 5.97 Å². The molecule has 246 valence electrons. The van der Waals surface area contributed by atoms with Gasteiger partial charge in [0, 0.05) is 51.0 Å². The van der Waals surface area contributed by atoms with E-state index in [4.69, 9.17) is 14.6 Å². The van der Waals surface area contributed by atoms with E-state index >= 15 is 0 Å². The van der Waals surface area contributed by atoms with Crippen molar-refractivity contribution in [3.05, 3.63) is 95.1 Å². The van der Waals surface area contributed by atoms with Crippen LogP contribution in [0, 0.1) is 0 Å². The predicted octanol–water partition coefficient (Wildman–Crippen LogP) is 5.50. The second-order valence-electron chi connectivity index (χ2n) is 12.4. The molecule has 0 radical (unpaired) electrons. The number of carbonyl (C=O) groups excluding carboxylic acids is 1. The summed E-state index contributed by atoms with van der Waals surface area (Å²) in [6.45, 7) is 2.66. The summed E-state index contributed by atoms with van der Waals surface area (Å²) >= 11 is 0. The lowest BCUT2D eigenvalue weighted by molar-refractivity contribution is -0.252. The number of amides is 1. The Kier molecular flexibility index (Phi) is 12.3. The molecule has 46 heavy (non-hydrogen) atoms. The number of carboxylic acid groups (broad SMARTS) is 1. The van der Waals surface area contributed by atoms with Crippen LogP contribution in [0.4, 0.5) is 0 Å². The fraction of sp³-hybridized carbons (Fsp3) is 0.459. The van der Waals surface area contributed by atoms with Crippen LogP contribution >= 0.6 is 0 Å². The van der Waals surface area contributed by atoms with Crippen LogP contribution in [0.3, 0.4) is 0 Å². The number of carboxylic acids is 1. The van der Waals surface area contributed by atoms with Crippen LogP contribution in [0.1, 0.15) is 86.0 Å². The monoisotopic (exact) mass is 630 g/mol. The largest absolute Gasteiger partial charge is 0.481 e.